The first-order valence-corrected chi connectivity index (χ1v) is 7.26. The summed E-state index contributed by atoms with van der Waals surface area (Å²) in [6.07, 6.45) is 0.971. The lowest BCUT2D eigenvalue weighted by Gasteiger charge is -2.12. The van der Waals surface area contributed by atoms with Crippen LogP contribution in [0.25, 0.3) is 0 Å². The van der Waals surface area contributed by atoms with Gasteiger partial charge >= 0.3 is 0 Å². The van der Waals surface area contributed by atoms with Gasteiger partial charge in [-0.3, -0.25) is 4.79 Å². The molecule has 1 N–H and O–H groups in total. The van der Waals surface area contributed by atoms with Gasteiger partial charge in [0.2, 0.25) is 0 Å². The minimum Gasteiger partial charge on any atom is -0.352 e. The highest BCUT2D eigenvalue weighted by atomic mass is 79.9. The lowest BCUT2D eigenvalue weighted by atomic mass is 10.1. The van der Waals surface area contributed by atoms with E-state index in [1.807, 2.05) is 6.92 Å². The predicted molar refractivity (Wildman–Crippen MR) is 74.0 cm³/mol. The maximum atomic E-state index is 13.5. The average molecular weight is 367 g/mol. The van der Waals surface area contributed by atoms with Crippen molar-refractivity contribution in [2.75, 3.05) is 11.9 Å². The molecule has 1 unspecified atom stereocenters. The number of rotatable bonds is 5. The number of amides is 1. The summed E-state index contributed by atoms with van der Waals surface area (Å²) in [5, 5.41) is 3.63. The zero-order valence-corrected chi connectivity index (χ0v) is 12.6. The third kappa shape index (κ3) is 4.39. The van der Waals surface area contributed by atoms with Crippen molar-refractivity contribution < 1.29 is 9.18 Å². The lowest BCUT2D eigenvalue weighted by Crippen LogP contribution is -2.29. The molecule has 17 heavy (non-hydrogen) atoms. The maximum absolute atomic E-state index is 13.5. The molecule has 0 spiro atoms. The third-order valence-corrected chi connectivity index (χ3v) is 3.52. The van der Waals surface area contributed by atoms with E-state index in [1.54, 1.807) is 12.1 Å². The molecule has 1 amide bonds. The number of carbonyl (C=O) groups is 1. The van der Waals surface area contributed by atoms with Crippen LogP contribution in [0.2, 0.25) is 0 Å². The Bertz CT molecular complexity index is 378. The van der Waals surface area contributed by atoms with Gasteiger partial charge in [-0.1, -0.05) is 28.9 Å². The van der Waals surface area contributed by atoms with E-state index in [0.717, 1.165) is 11.8 Å². The van der Waals surface area contributed by atoms with Gasteiger partial charge in [-0.25, -0.2) is 4.39 Å². The van der Waals surface area contributed by atoms with Crippen LogP contribution < -0.4 is 5.32 Å². The first-order chi connectivity index (χ1) is 8.06. The molecule has 0 aliphatic heterocycles. The number of nitrogens with one attached hydrogen (secondary N) is 1. The molecule has 1 aromatic carbocycles. The van der Waals surface area contributed by atoms with Crippen LogP contribution in [0.3, 0.4) is 0 Å². The van der Waals surface area contributed by atoms with E-state index in [0.29, 0.717) is 16.9 Å². The van der Waals surface area contributed by atoms with Crippen molar-refractivity contribution in [3.05, 3.63) is 34.1 Å². The Labute approximate surface area is 117 Å². The molecule has 5 heteroatoms. The molecule has 94 valence electrons. The molecule has 1 rings (SSSR count). The molecule has 2 nitrogen and oxygen atoms in total. The normalized spacial score (nSPS) is 12.2. The highest BCUT2D eigenvalue weighted by molar-refractivity contribution is 9.10. The summed E-state index contributed by atoms with van der Waals surface area (Å²) in [6.45, 7) is 2.59. The van der Waals surface area contributed by atoms with Crippen LogP contribution in [0.1, 0.15) is 23.7 Å². The van der Waals surface area contributed by atoms with E-state index < -0.39 is 5.82 Å². The van der Waals surface area contributed by atoms with E-state index in [-0.39, 0.29) is 11.5 Å². The van der Waals surface area contributed by atoms with Crippen molar-refractivity contribution >= 4 is 37.8 Å². The summed E-state index contributed by atoms with van der Waals surface area (Å²) in [5.74, 6) is -0.523. The van der Waals surface area contributed by atoms with E-state index in [1.165, 1.54) is 6.07 Å². The molecule has 0 fully saturated rings. The van der Waals surface area contributed by atoms with Crippen LogP contribution >= 0.6 is 31.9 Å². The molecule has 0 bridgehead atoms. The summed E-state index contributed by atoms with van der Waals surface area (Å²) in [7, 11) is 0. The summed E-state index contributed by atoms with van der Waals surface area (Å²) in [6, 6.07) is 4.49. The lowest BCUT2D eigenvalue weighted by molar-refractivity contribution is 0.0943. The van der Waals surface area contributed by atoms with E-state index in [4.69, 9.17) is 0 Å². The number of benzene rings is 1. The van der Waals surface area contributed by atoms with Gasteiger partial charge in [0.15, 0.2) is 0 Å². The van der Waals surface area contributed by atoms with Gasteiger partial charge in [-0.2, -0.15) is 0 Å². The van der Waals surface area contributed by atoms with Crippen LogP contribution in [0.5, 0.6) is 0 Å². The number of alkyl halides is 1. The number of halogens is 3. The molecule has 1 atom stereocenters. The van der Waals surface area contributed by atoms with Crippen molar-refractivity contribution in [3.8, 4) is 0 Å². The fourth-order valence-corrected chi connectivity index (χ4v) is 2.66. The van der Waals surface area contributed by atoms with Crippen molar-refractivity contribution in [3.63, 3.8) is 0 Å². The fraction of sp³-hybridized carbons (Fsp3) is 0.417. The SMILES string of the molecule is CC(CCBr)CNC(=O)c1c(F)cccc1Br. The molecular formula is C12H14Br2FNO. The van der Waals surface area contributed by atoms with Crippen LogP contribution in [-0.4, -0.2) is 17.8 Å². The van der Waals surface area contributed by atoms with Gasteiger partial charge in [0.05, 0.1) is 5.56 Å². The molecule has 1 aromatic rings. The Morgan fingerprint density at radius 3 is 2.82 bits per heavy atom. The highest BCUT2D eigenvalue weighted by Gasteiger charge is 2.15. The monoisotopic (exact) mass is 365 g/mol. The van der Waals surface area contributed by atoms with Crippen LogP contribution in [0, 0.1) is 11.7 Å². The third-order valence-electron chi connectivity index (χ3n) is 2.40. The second kappa shape index (κ2) is 7.11. The minimum absolute atomic E-state index is 0.0681. The summed E-state index contributed by atoms with van der Waals surface area (Å²) in [4.78, 5) is 11.8. The Morgan fingerprint density at radius 2 is 2.24 bits per heavy atom. The molecule has 0 aromatic heterocycles. The van der Waals surface area contributed by atoms with Crippen molar-refractivity contribution in [2.45, 2.75) is 13.3 Å². The zero-order valence-electron chi connectivity index (χ0n) is 9.47. The van der Waals surface area contributed by atoms with Gasteiger partial charge in [0, 0.05) is 16.3 Å². The van der Waals surface area contributed by atoms with Gasteiger partial charge in [0.25, 0.3) is 5.91 Å². The van der Waals surface area contributed by atoms with Crippen LogP contribution in [0.4, 0.5) is 4.39 Å². The van der Waals surface area contributed by atoms with Gasteiger partial charge in [-0.15, -0.1) is 0 Å². The summed E-state index contributed by atoms with van der Waals surface area (Å²) < 4.78 is 14.0. The maximum Gasteiger partial charge on any atom is 0.255 e. The van der Waals surface area contributed by atoms with Gasteiger partial charge in [0.1, 0.15) is 5.82 Å². The van der Waals surface area contributed by atoms with Gasteiger partial charge in [-0.05, 0) is 40.4 Å². The van der Waals surface area contributed by atoms with Crippen molar-refractivity contribution in [1.29, 1.82) is 0 Å². The summed E-state index contributed by atoms with van der Waals surface area (Å²) >= 11 is 6.52. The highest BCUT2D eigenvalue weighted by Crippen LogP contribution is 2.19. The Hall–Kier alpha value is -0.420. The number of hydrogen-bond donors (Lipinski definition) is 1. The molecule has 0 radical (unpaired) electrons. The van der Waals surface area contributed by atoms with Crippen molar-refractivity contribution in [1.82, 2.24) is 5.32 Å². The Morgan fingerprint density at radius 1 is 1.53 bits per heavy atom. The average Bonchev–Trinajstić information content (AvgIpc) is 2.26. The van der Waals surface area contributed by atoms with Gasteiger partial charge < -0.3 is 5.32 Å². The Kier molecular flexibility index (Phi) is 6.12. The number of hydrogen-bond acceptors (Lipinski definition) is 1. The molecule has 0 saturated heterocycles. The fourth-order valence-electron chi connectivity index (χ4n) is 1.36. The molecule has 0 aliphatic rings. The van der Waals surface area contributed by atoms with E-state index in [9.17, 15) is 9.18 Å². The van der Waals surface area contributed by atoms with Crippen molar-refractivity contribution in [2.24, 2.45) is 5.92 Å². The molecule has 0 heterocycles. The van der Waals surface area contributed by atoms with Crippen LogP contribution in [0.15, 0.2) is 22.7 Å². The van der Waals surface area contributed by atoms with E-state index >= 15 is 0 Å². The largest absolute Gasteiger partial charge is 0.352 e. The predicted octanol–water partition coefficient (Wildman–Crippen LogP) is 3.74. The standard InChI is InChI=1S/C12H14Br2FNO/c1-8(5-6-13)7-16-12(17)11-9(14)3-2-4-10(11)15/h2-4,8H,5-7H2,1H3,(H,16,17). The first-order valence-electron chi connectivity index (χ1n) is 5.34. The summed E-state index contributed by atoms with van der Waals surface area (Å²) in [5.41, 5.74) is 0.0681. The number of carbonyl (C=O) groups excluding carboxylic acids is 1. The molecular weight excluding hydrogens is 353 g/mol. The molecule has 0 saturated carbocycles. The topological polar surface area (TPSA) is 29.1 Å². The Balaban J connectivity index is 2.64. The van der Waals surface area contributed by atoms with E-state index in [2.05, 4.69) is 37.2 Å². The minimum atomic E-state index is -0.509. The van der Waals surface area contributed by atoms with Crippen LogP contribution in [-0.2, 0) is 0 Å². The smallest absolute Gasteiger partial charge is 0.255 e. The molecule has 0 aliphatic carbocycles. The second-order valence-corrected chi connectivity index (χ2v) is 5.54. The second-order valence-electron chi connectivity index (χ2n) is 3.89. The first kappa shape index (κ1) is 14.6. The quantitative estimate of drug-likeness (QED) is 0.790. The zero-order chi connectivity index (χ0) is 12.8.